The molecule has 2 N–H and O–H groups in total. The van der Waals surface area contributed by atoms with Crippen molar-refractivity contribution in [2.45, 2.75) is 32.7 Å². The molecule has 0 bridgehead atoms. The van der Waals surface area contributed by atoms with Crippen LogP contribution in [-0.2, 0) is 4.74 Å². The number of likely N-dealkylation sites (tertiary alicyclic amines) is 1. The molecule has 1 aromatic carbocycles. The Morgan fingerprint density at radius 3 is 2.35 bits per heavy atom. The smallest absolute Gasteiger partial charge is 0.409 e. The summed E-state index contributed by atoms with van der Waals surface area (Å²) >= 11 is 0. The van der Waals surface area contributed by atoms with Gasteiger partial charge in [-0.1, -0.05) is 12.1 Å². The summed E-state index contributed by atoms with van der Waals surface area (Å²) in [5.41, 5.74) is 0. The summed E-state index contributed by atoms with van der Waals surface area (Å²) in [6.07, 6.45) is 1.09. The Bertz CT molecular complexity index is 588. The van der Waals surface area contributed by atoms with Crippen molar-refractivity contribution < 1.29 is 23.8 Å². The van der Waals surface area contributed by atoms with Crippen LogP contribution >= 0.6 is 0 Å². The summed E-state index contributed by atoms with van der Waals surface area (Å²) in [6, 6.07) is 7.03. The number of para-hydroxylation sites is 2. The Morgan fingerprint density at radius 1 is 1.08 bits per heavy atom. The topological polar surface area (TPSA) is 89.1 Å². The van der Waals surface area contributed by atoms with Gasteiger partial charge in [-0.3, -0.25) is 0 Å². The van der Waals surface area contributed by atoms with Gasteiger partial charge < -0.3 is 29.7 Å². The highest BCUT2D eigenvalue weighted by molar-refractivity contribution is 5.74. The van der Waals surface area contributed by atoms with E-state index in [1.807, 2.05) is 25.1 Å². The quantitative estimate of drug-likeness (QED) is 0.724. The summed E-state index contributed by atoms with van der Waals surface area (Å²) in [5, 5.41) is 5.57. The van der Waals surface area contributed by atoms with E-state index in [0.29, 0.717) is 50.6 Å². The lowest BCUT2D eigenvalue weighted by Gasteiger charge is -2.31. The number of benzene rings is 1. The van der Waals surface area contributed by atoms with Gasteiger partial charge in [0.15, 0.2) is 18.2 Å². The van der Waals surface area contributed by atoms with E-state index < -0.39 is 0 Å². The SMILES string of the molecule is CCOC(=O)N1CCC(NC(=O)NCOc2ccccc2OCC)CC1. The van der Waals surface area contributed by atoms with E-state index in [1.165, 1.54) is 0 Å². The molecule has 0 aromatic heterocycles. The molecule has 1 aromatic rings. The van der Waals surface area contributed by atoms with Crippen LogP contribution in [0.25, 0.3) is 0 Å². The van der Waals surface area contributed by atoms with Gasteiger partial charge in [-0.05, 0) is 38.8 Å². The third-order valence-electron chi connectivity index (χ3n) is 3.97. The van der Waals surface area contributed by atoms with Gasteiger partial charge >= 0.3 is 12.1 Å². The van der Waals surface area contributed by atoms with Crippen LogP contribution in [0, 0.1) is 0 Å². The van der Waals surface area contributed by atoms with Crippen LogP contribution in [0.4, 0.5) is 9.59 Å². The second-order valence-corrected chi connectivity index (χ2v) is 5.78. The molecule has 0 spiro atoms. The number of carbonyl (C=O) groups is 2. The fourth-order valence-corrected chi connectivity index (χ4v) is 2.68. The summed E-state index contributed by atoms with van der Waals surface area (Å²) < 4.78 is 16.0. The first kappa shape index (κ1) is 19.7. The largest absolute Gasteiger partial charge is 0.490 e. The van der Waals surface area contributed by atoms with E-state index in [1.54, 1.807) is 17.9 Å². The minimum absolute atomic E-state index is 0.0244. The van der Waals surface area contributed by atoms with Crippen molar-refractivity contribution in [1.82, 2.24) is 15.5 Å². The molecular formula is C18H27N3O5. The second-order valence-electron chi connectivity index (χ2n) is 5.78. The van der Waals surface area contributed by atoms with E-state index in [9.17, 15) is 9.59 Å². The first-order valence-electron chi connectivity index (χ1n) is 8.94. The molecule has 0 unspecified atom stereocenters. The summed E-state index contributed by atoms with van der Waals surface area (Å²) in [5.74, 6) is 1.22. The van der Waals surface area contributed by atoms with Crippen LogP contribution in [0.2, 0.25) is 0 Å². The van der Waals surface area contributed by atoms with Crippen molar-refractivity contribution in [3.8, 4) is 11.5 Å². The molecule has 2 rings (SSSR count). The Labute approximate surface area is 153 Å². The first-order valence-corrected chi connectivity index (χ1v) is 8.94. The predicted molar refractivity (Wildman–Crippen MR) is 96.4 cm³/mol. The molecule has 1 saturated heterocycles. The lowest BCUT2D eigenvalue weighted by molar-refractivity contribution is 0.0956. The number of nitrogens with one attached hydrogen (secondary N) is 2. The maximum Gasteiger partial charge on any atom is 0.409 e. The minimum atomic E-state index is -0.298. The van der Waals surface area contributed by atoms with Crippen molar-refractivity contribution >= 4 is 12.1 Å². The van der Waals surface area contributed by atoms with E-state index >= 15 is 0 Å². The number of urea groups is 1. The highest BCUT2D eigenvalue weighted by Gasteiger charge is 2.24. The highest BCUT2D eigenvalue weighted by atomic mass is 16.6. The molecule has 0 aliphatic carbocycles. The number of amides is 3. The lowest BCUT2D eigenvalue weighted by atomic mass is 10.1. The number of rotatable bonds is 7. The zero-order valence-electron chi connectivity index (χ0n) is 15.3. The molecule has 144 valence electrons. The molecule has 0 radical (unpaired) electrons. The van der Waals surface area contributed by atoms with Crippen LogP contribution in [0.5, 0.6) is 11.5 Å². The molecule has 8 nitrogen and oxygen atoms in total. The highest BCUT2D eigenvalue weighted by Crippen LogP contribution is 2.25. The monoisotopic (exact) mass is 365 g/mol. The van der Waals surface area contributed by atoms with Crippen molar-refractivity contribution in [1.29, 1.82) is 0 Å². The number of piperidine rings is 1. The third kappa shape index (κ3) is 6.02. The van der Waals surface area contributed by atoms with Gasteiger partial charge in [0.05, 0.1) is 13.2 Å². The zero-order chi connectivity index (χ0) is 18.8. The van der Waals surface area contributed by atoms with Gasteiger partial charge in [-0.25, -0.2) is 9.59 Å². The summed E-state index contributed by atoms with van der Waals surface area (Å²) in [6.45, 7) is 5.77. The number of nitrogens with zero attached hydrogens (tertiary/aromatic N) is 1. The second kappa shape index (κ2) is 10.4. The van der Waals surface area contributed by atoms with Crippen LogP contribution in [0.15, 0.2) is 24.3 Å². The number of carbonyl (C=O) groups excluding carboxylic acids is 2. The standard InChI is InChI=1S/C18H27N3O5/c1-3-24-15-7-5-6-8-16(15)26-13-19-17(22)20-14-9-11-21(12-10-14)18(23)25-4-2/h5-8,14H,3-4,9-13H2,1-2H3,(H2,19,20,22). The van der Waals surface area contributed by atoms with Crippen LogP contribution in [0.1, 0.15) is 26.7 Å². The average molecular weight is 365 g/mol. The maximum absolute atomic E-state index is 12.0. The van der Waals surface area contributed by atoms with E-state index in [-0.39, 0.29) is 24.9 Å². The Balaban J connectivity index is 1.68. The first-order chi connectivity index (χ1) is 12.6. The molecule has 1 heterocycles. The molecule has 0 saturated carbocycles. The van der Waals surface area contributed by atoms with Gasteiger partial charge in [0.2, 0.25) is 0 Å². The van der Waals surface area contributed by atoms with Crippen LogP contribution in [0.3, 0.4) is 0 Å². The molecule has 0 atom stereocenters. The molecule has 1 aliphatic heterocycles. The number of hydrogen-bond acceptors (Lipinski definition) is 5. The van der Waals surface area contributed by atoms with Crippen LogP contribution in [-0.4, -0.2) is 56.1 Å². The Hall–Kier alpha value is -2.64. The van der Waals surface area contributed by atoms with Crippen molar-refractivity contribution in [2.75, 3.05) is 33.0 Å². The number of hydrogen-bond donors (Lipinski definition) is 2. The zero-order valence-corrected chi connectivity index (χ0v) is 15.3. The van der Waals surface area contributed by atoms with E-state index in [0.717, 1.165) is 0 Å². The molecule has 1 fully saturated rings. The molecule has 26 heavy (non-hydrogen) atoms. The van der Waals surface area contributed by atoms with E-state index in [4.69, 9.17) is 14.2 Å². The molecule has 8 heteroatoms. The molecule has 3 amide bonds. The lowest BCUT2D eigenvalue weighted by Crippen LogP contribution is -2.49. The summed E-state index contributed by atoms with van der Waals surface area (Å²) in [4.78, 5) is 25.3. The molecular weight excluding hydrogens is 338 g/mol. The fourth-order valence-electron chi connectivity index (χ4n) is 2.68. The number of ether oxygens (including phenoxy) is 3. The average Bonchev–Trinajstić information content (AvgIpc) is 2.64. The van der Waals surface area contributed by atoms with Crippen LogP contribution < -0.4 is 20.1 Å². The van der Waals surface area contributed by atoms with Gasteiger partial charge in [0.25, 0.3) is 0 Å². The molecule has 1 aliphatic rings. The van der Waals surface area contributed by atoms with Gasteiger partial charge in [0.1, 0.15) is 0 Å². The Morgan fingerprint density at radius 2 is 1.73 bits per heavy atom. The van der Waals surface area contributed by atoms with Gasteiger partial charge in [-0.15, -0.1) is 0 Å². The minimum Gasteiger partial charge on any atom is -0.490 e. The van der Waals surface area contributed by atoms with Gasteiger partial charge in [0, 0.05) is 19.1 Å². The predicted octanol–water partition coefficient (Wildman–Crippen LogP) is 2.34. The van der Waals surface area contributed by atoms with Crippen molar-refractivity contribution in [3.05, 3.63) is 24.3 Å². The fraction of sp³-hybridized carbons (Fsp3) is 0.556. The van der Waals surface area contributed by atoms with Gasteiger partial charge in [-0.2, -0.15) is 0 Å². The third-order valence-corrected chi connectivity index (χ3v) is 3.97. The normalized spacial score (nSPS) is 14.5. The van der Waals surface area contributed by atoms with Crippen molar-refractivity contribution in [2.24, 2.45) is 0 Å². The summed E-state index contributed by atoms with van der Waals surface area (Å²) in [7, 11) is 0. The van der Waals surface area contributed by atoms with E-state index in [2.05, 4.69) is 10.6 Å². The maximum atomic E-state index is 12.0. The Kier molecular flexibility index (Phi) is 7.85. The van der Waals surface area contributed by atoms with Crippen molar-refractivity contribution in [3.63, 3.8) is 0 Å².